The summed E-state index contributed by atoms with van der Waals surface area (Å²) in [5, 5.41) is 13.4. The molecule has 1 N–H and O–H groups in total. The molecule has 0 aliphatic rings. The third-order valence-electron chi connectivity index (χ3n) is 3.92. The zero-order chi connectivity index (χ0) is 19.1. The molecular weight excluding hydrogens is 336 g/mol. The minimum atomic E-state index is -1.08. The number of benzene rings is 2. The molecule has 0 aliphatic heterocycles. The Hall–Kier alpha value is -3.22. The van der Waals surface area contributed by atoms with Gasteiger partial charge in [-0.05, 0) is 25.0 Å². The third-order valence-corrected chi connectivity index (χ3v) is 3.92. The van der Waals surface area contributed by atoms with Gasteiger partial charge in [-0.1, -0.05) is 49.4 Å². The van der Waals surface area contributed by atoms with E-state index in [9.17, 15) is 19.7 Å². The van der Waals surface area contributed by atoms with Gasteiger partial charge in [0.05, 0.1) is 10.8 Å². The number of anilines is 1. The molecule has 2 aromatic rings. The first-order valence-corrected chi connectivity index (χ1v) is 8.23. The molecule has 26 heavy (non-hydrogen) atoms. The number of nitrogens with zero attached hydrogens (tertiary/aromatic N) is 1. The average Bonchev–Trinajstić information content (AvgIpc) is 2.63. The Labute approximate surface area is 151 Å². The number of amides is 1. The van der Waals surface area contributed by atoms with Crippen molar-refractivity contribution in [2.45, 2.75) is 32.3 Å². The Kier molecular flexibility index (Phi) is 6.43. The van der Waals surface area contributed by atoms with Crippen LogP contribution < -0.4 is 5.32 Å². The highest BCUT2D eigenvalue weighted by atomic mass is 16.6. The van der Waals surface area contributed by atoms with E-state index in [0.29, 0.717) is 6.42 Å². The van der Waals surface area contributed by atoms with Crippen LogP contribution in [0.1, 0.15) is 31.7 Å². The minimum Gasteiger partial charge on any atom is -0.452 e. The van der Waals surface area contributed by atoms with E-state index in [0.717, 1.165) is 5.56 Å². The van der Waals surface area contributed by atoms with E-state index in [-0.39, 0.29) is 11.4 Å². The summed E-state index contributed by atoms with van der Waals surface area (Å²) in [6.45, 7) is 3.29. The summed E-state index contributed by atoms with van der Waals surface area (Å²) >= 11 is 0. The van der Waals surface area contributed by atoms with Gasteiger partial charge < -0.3 is 10.1 Å². The van der Waals surface area contributed by atoms with Gasteiger partial charge in [0.2, 0.25) is 0 Å². The number of carbonyl (C=O) groups excluding carboxylic acids is 2. The van der Waals surface area contributed by atoms with Crippen LogP contribution in [0.3, 0.4) is 0 Å². The van der Waals surface area contributed by atoms with E-state index in [2.05, 4.69) is 5.32 Å². The van der Waals surface area contributed by atoms with E-state index in [1.807, 2.05) is 37.3 Å². The Morgan fingerprint density at radius 2 is 1.73 bits per heavy atom. The molecule has 136 valence electrons. The average molecular weight is 356 g/mol. The van der Waals surface area contributed by atoms with Crippen molar-refractivity contribution in [2.75, 3.05) is 5.32 Å². The molecular formula is C19H20N2O5. The minimum absolute atomic E-state index is 0.0560. The molecule has 0 bridgehead atoms. The summed E-state index contributed by atoms with van der Waals surface area (Å²) in [4.78, 5) is 35.1. The van der Waals surface area contributed by atoms with E-state index < -0.39 is 28.8 Å². The summed E-state index contributed by atoms with van der Waals surface area (Å²) in [6.07, 6.45) is -0.554. The van der Waals surface area contributed by atoms with Crippen molar-refractivity contribution in [3.8, 4) is 0 Å². The number of para-hydroxylation sites is 2. The van der Waals surface area contributed by atoms with E-state index in [4.69, 9.17) is 4.74 Å². The van der Waals surface area contributed by atoms with Crippen LogP contribution in [0.4, 0.5) is 11.4 Å². The molecule has 2 rings (SSSR count). The Morgan fingerprint density at radius 3 is 2.35 bits per heavy atom. The fourth-order valence-corrected chi connectivity index (χ4v) is 2.51. The summed E-state index contributed by atoms with van der Waals surface area (Å²) in [7, 11) is 0. The lowest BCUT2D eigenvalue weighted by Crippen LogP contribution is -2.32. The summed E-state index contributed by atoms with van der Waals surface area (Å²) < 4.78 is 5.27. The second-order valence-corrected chi connectivity index (χ2v) is 5.71. The first-order valence-electron chi connectivity index (χ1n) is 8.23. The zero-order valence-electron chi connectivity index (χ0n) is 14.5. The van der Waals surface area contributed by atoms with Crippen LogP contribution in [0, 0.1) is 10.1 Å². The molecule has 0 saturated carbocycles. The molecule has 0 radical (unpaired) electrons. The summed E-state index contributed by atoms with van der Waals surface area (Å²) in [5.74, 6) is -1.61. The number of carbonyl (C=O) groups is 2. The Morgan fingerprint density at radius 1 is 1.12 bits per heavy atom. The van der Waals surface area contributed by atoms with E-state index >= 15 is 0 Å². The Bertz CT molecular complexity index is 792. The van der Waals surface area contributed by atoms with Gasteiger partial charge >= 0.3 is 5.97 Å². The van der Waals surface area contributed by atoms with Crippen LogP contribution >= 0.6 is 0 Å². The SMILES string of the molecule is CC[C@@H](C(=O)O[C@H](C)C(=O)Nc1ccccc1[N+](=O)[O-])c1ccccc1. The van der Waals surface area contributed by atoms with Gasteiger partial charge in [-0.3, -0.25) is 19.7 Å². The van der Waals surface area contributed by atoms with Crippen molar-refractivity contribution in [3.05, 3.63) is 70.3 Å². The molecule has 7 heteroatoms. The standard InChI is InChI=1S/C19H20N2O5/c1-3-15(14-9-5-4-6-10-14)19(23)26-13(2)18(22)20-16-11-7-8-12-17(16)21(24)25/h4-13,15H,3H2,1-2H3,(H,20,22)/t13-,15-/m1/s1. The predicted molar refractivity (Wildman–Crippen MR) is 96.8 cm³/mol. The number of hydrogen-bond acceptors (Lipinski definition) is 5. The molecule has 0 aliphatic carbocycles. The summed E-state index contributed by atoms with van der Waals surface area (Å²) in [5.41, 5.74) is 0.641. The largest absolute Gasteiger partial charge is 0.452 e. The maximum atomic E-state index is 12.4. The number of nitrogens with one attached hydrogen (secondary N) is 1. The number of ether oxygens (including phenoxy) is 1. The molecule has 0 saturated heterocycles. The smallest absolute Gasteiger partial charge is 0.314 e. The maximum absolute atomic E-state index is 12.4. The van der Waals surface area contributed by atoms with Crippen molar-refractivity contribution >= 4 is 23.3 Å². The second-order valence-electron chi connectivity index (χ2n) is 5.71. The van der Waals surface area contributed by atoms with Crippen LogP contribution in [-0.2, 0) is 14.3 Å². The van der Waals surface area contributed by atoms with Crippen molar-refractivity contribution in [3.63, 3.8) is 0 Å². The molecule has 2 aromatic carbocycles. The molecule has 0 spiro atoms. The van der Waals surface area contributed by atoms with Crippen molar-refractivity contribution < 1.29 is 19.2 Å². The van der Waals surface area contributed by atoms with Crippen LogP contribution in [0.15, 0.2) is 54.6 Å². The lowest BCUT2D eigenvalue weighted by Gasteiger charge is -2.18. The number of hydrogen-bond donors (Lipinski definition) is 1. The second kappa shape index (κ2) is 8.75. The molecule has 7 nitrogen and oxygen atoms in total. The normalized spacial score (nSPS) is 12.7. The van der Waals surface area contributed by atoms with Crippen molar-refractivity contribution in [2.24, 2.45) is 0 Å². The topological polar surface area (TPSA) is 98.5 Å². The number of rotatable bonds is 7. The Balaban J connectivity index is 2.05. The van der Waals surface area contributed by atoms with Gasteiger partial charge in [0.1, 0.15) is 5.69 Å². The highest BCUT2D eigenvalue weighted by Gasteiger charge is 2.26. The first kappa shape index (κ1) is 19.1. The fourth-order valence-electron chi connectivity index (χ4n) is 2.51. The molecule has 0 fully saturated rings. The summed E-state index contributed by atoms with van der Waals surface area (Å²) in [6, 6.07) is 14.9. The van der Waals surface area contributed by atoms with Gasteiger partial charge in [-0.2, -0.15) is 0 Å². The van der Waals surface area contributed by atoms with Gasteiger partial charge in [-0.25, -0.2) is 0 Å². The van der Waals surface area contributed by atoms with Crippen LogP contribution in [0.25, 0.3) is 0 Å². The third kappa shape index (κ3) is 4.66. The van der Waals surface area contributed by atoms with Gasteiger partial charge in [0.15, 0.2) is 6.10 Å². The lowest BCUT2D eigenvalue weighted by molar-refractivity contribution is -0.383. The van der Waals surface area contributed by atoms with E-state index in [1.165, 1.54) is 25.1 Å². The predicted octanol–water partition coefficient (Wildman–Crippen LogP) is 3.66. The van der Waals surface area contributed by atoms with Gasteiger partial charge in [-0.15, -0.1) is 0 Å². The molecule has 0 aromatic heterocycles. The molecule has 2 atom stereocenters. The highest BCUT2D eigenvalue weighted by molar-refractivity contribution is 5.97. The lowest BCUT2D eigenvalue weighted by atomic mass is 9.97. The van der Waals surface area contributed by atoms with Crippen LogP contribution in [0.2, 0.25) is 0 Å². The van der Waals surface area contributed by atoms with Crippen LogP contribution in [-0.4, -0.2) is 22.9 Å². The van der Waals surface area contributed by atoms with E-state index in [1.54, 1.807) is 6.07 Å². The number of nitro benzene ring substituents is 1. The first-order chi connectivity index (χ1) is 12.4. The van der Waals surface area contributed by atoms with Gasteiger partial charge in [0.25, 0.3) is 11.6 Å². The molecule has 0 unspecified atom stereocenters. The van der Waals surface area contributed by atoms with Crippen LogP contribution in [0.5, 0.6) is 0 Å². The zero-order valence-corrected chi connectivity index (χ0v) is 14.5. The molecule has 1 amide bonds. The van der Waals surface area contributed by atoms with Gasteiger partial charge in [0, 0.05) is 6.07 Å². The number of nitro groups is 1. The quantitative estimate of drug-likeness (QED) is 0.464. The monoisotopic (exact) mass is 356 g/mol. The number of esters is 1. The maximum Gasteiger partial charge on any atom is 0.314 e. The fraction of sp³-hybridized carbons (Fsp3) is 0.263. The highest BCUT2D eigenvalue weighted by Crippen LogP contribution is 2.24. The van der Waals surface area contributed by atoms with Crippen molar-refractivity contribution in [1.29, 1.82) is 0 Å². The van der Waals surface area contributed by atoms with Crippen molar-refractivity contribution in [1.82, 2.24) is 0 Å². The molecule has 0 heterocycles.